The molecule has 24 heavy (non-hydrogen) atoms. The fraction of sp³-hybridized carbons (Fsp3) is 0.588. The summed E-state index contributed by atoms with van der Waals surface area (Å²) >= 11 is 0. The molecule has 1 aromatic carbocycles. The Balaban J connectivity index is 0.000000441. The van der Waals surface area contributed by atoms with E-state index in [2.05, 4.69) is 19.2 Å². The quantitative estimate of drug-likeness (QED) is 0.607. The highest BCUT2D eigenvalue weighted by Gasteiger charge is 2.08. The van der Waals surface area contributed by atoms with Crippen LogP contribution >= 0.6 is 8.60 Å². The van der Waals surface area contributed by atoms with Crippen molar-refractivity contribution in [3.8, 4) is 5.75 Å². The molecule has 0 radical (unpaired) electrons. The molecular formula is C17H30NO5P. The second-order valence-electron chi connectivity index (χ2n) is 5.42. The first-order valence-corrected chi connectivity index (χ1v) is 9.36. The topological polar surface area (TPSA) is 88.0 Å². The van der Waals surface area contributed by atoms with E-state index in [4.69, 9.17) is 19.0 Å². The molecule has 0 aliphatic rings. The Morgan fingerprint density at radius 1 is 1.33 bits per heavy atom. The summed E-state index contributed by atoms with van der Waals surface area (Å²) in [7, 11) is -0.628. The van der Waals surface area contributed by atoms with Gasteiger partial charge in [0, 0.05) is 7.05 Å². The Morgan fingerprint density at radius 3 is 2.54 bits per heavy atom. The Bertz CT molecular complexity index is 456. The zero-order valence-corrected chi connectivity index (χ0v) is 15.9. The van der Waals surface area contributed by atoms with Gasteiger partial charge in [0.2, 0.25) is 0 Å². The maximum absolute atomic E-state index is 10.8. The van der Waals surface area contributed by atoms with Crippen LogP contribution in [0.3, 0.4) is 0 Å². The summed E-state index contributed by atoms with van der Waals surface area (Å²) in [5, 5.41) is 2.37. The number of amides is 1. The van der Waals surface area contributed by atoms with Crippen molar-refractivity contribution in [3.05, 3.63) is 29.8 Å². The average molecular weight is 359 g/mol. The second kappa shape index (κ2) is 14.2. The molecule has 0 heterocycles. The third-order valence-corrected chi connectivity index (χ3v) is 3.75. The number of carbonyl (C=O) groups excluding carboxylic acids is 1. The predicted molar refractivity (Wildman–Crippen MR) is 96.9 cm³/mol. The van der Waals surface area contributed by atoms with Crippen LogP contribution in [0.1, 0.15) is 45.1 Å². The van der Waals surface area contributed by atoms with Crippen molar-refractivity contribution in [2.75, 3.05) is 13.7 Å². The van der Waals surface area contributed by atoms with Gasteiger partial charge in [0.05, 0.1) is 6.61 Å². The van der Waals surface area contributed by atoms with Crippen molar-refractivity contribution in [1.82, 2.24) is 5.32 Å². The molecule has 1 aromatic rings. The lowest BCUT2D eigenvalue weighted by Gasteiger charge is -2.14. The van der Waals surface area contributed by atoms with Gasteiger partial charge in [-0.2, -0.15) is 0 Å². The van der Waals surface area contributed by atoms with Crippen LogP contribution < -0.4 is 10.1 Å². The highest BCUT2D eigenvalue weighted by molar-refractivity contribution is 7.39. The first kappa shape index (κ1) is 22.8. The lowest BCUT2D eigenvalue weighted by molar-refractivity contribution is 0.200. The van der Waals surface area contributed by atoms with Crippen LogP contribution in [-0.4, -0.2) is 29.5 Å². The van der Waals surface area contributed by atoms with Gasteiger partial charge in [-0.25, -0.2) is 4.79 Å². The van der Waals surface area contributed by atoms with E-state index in [9.17, 15) is 4.79 Å². The van der Waals surface area contributed by atoms with Crippen LogP contribution in [0.5, 0.6) is 5.75 Å². The number of benzene rings is 1. The van der Waals surface area contributed by atoms with Crippen LogP contribution in [0.15, 0.2) is 24.3 Å². The Hall–Kier alpha value is -1.20. The molecule has 0 bridgehead atoms. The number of hydrogen-bond acceptors (Lipinski definition) is 5. The van der Waals surface area contributed by atoms with Crippen molar-refractivity contribution < 1.29 is 23.8 Å². The second-order valence-corrected chi connectivity index (χ2v) is 6.18. The monoisotopic (exact) mass is 359 g/mol. The van der Waals surface area contributed by atoms with Crippen molar-refractivity contribution in [1.29, 1.82) is 0 Å². The normalized spacial score (nSPS) is 11.5. The third kappa shape index (κ3) is 12.3. The van der Waals surface area contributed by atoms with E-state index >= 15 is 0 Å². The van der Waals surface area contributed by atoms with E-state index in [0.717, 1.165) is 18.4 Å². The number of unbranched alkanes of at least 4 members (excludes halogenated alkanes) is 1. The largest absolute Gasteiger partial charge is 0.412 e. The number of nitrogens with one attached hydrogen (secondary N) is 1. The van der Waals surface area contributed by atoms with Crippen molar-refractivity contribution >= 4 is 14.7 Å². The molecule has 0 aliphatic carbocycles. The fourth-order valence-electron chi connectivity index (χ4n) is 1.91. The summed E-state index contributed by atoms with van der Waals surface area (Å²) < 4.78 is 9.66. The lowest BCUT2D eigenvalue weighted by atomic mass is 10.0. The molecule has 1 amide bonds. The first-order chi connectivity index (χ1) is 11.4. The van der Waals surface area contributed by atoms with Gasteiger partial charge in [0.15, 0.2) is 0 Å². The number of hydrogen-bond donors (Lipinski definition) is 3. The van der Waals surface area contributed by atoms with Crippen LogP contribution in [0.4, 0.5) is 4.79 Å². The van der Waals surface area contributed by atoms with E-state index < -0.39 is 14.7 Å². The Labute approximate surface area is 146 Å². The molecule has 6 nitrogen and oxygen atoms in total. The fourth-order valence-corrected chi connectivity index (χ4v) is 2.25. The Kier molecular flexibility index (Phi) is 13.5. The summed E-state index contributed by atoms with van der Waals surface area (Å²) in [6, 6.07) is 7.32. The summed E-state index contributed by atoms with van der Waals surface area (Å²) in [6.07, 6.45) is 4.10. The minimum atomic E-state index is -2.15. The van der Waals surface area contributed by atoms with Gasteiger partial charge in [-0.05, 0) is 37.0 Å². The zero-order valence-electron chi connectivity index (χ0n) is 15.0. The molecule has 1 atom stereocenters. The van der Waals surface area contributed by atoms with E-state index in [0.29, 0.717) is 18.3 Å². The maximum atomic E-state index is 10.8. The standard InChI is InChI=1S/C9H11NO2.C8H19O3P/c1-7-4-3-5-8(6-7)12-9(11)10-2;1-3-5-6-8(4-2)7-11-12(9)10/h3-6H,1-2H3,(H,10,11);8-10H,3-7H2,1-2H3. The molecule has 7 heteroatoms. The SMILES string of the molecule is CCCCC(CC)COP(O)O.CNC(=O)Oc1cccc(C)c1. The number of rotatable bonds is 8. The van der Waals surface area contributed by atoms with Gasteiger partial charge in [-0.15, -0.1) is 0 Å². The highest BCUT2D eigenvalue weighted by atomic mass is 31.2. The van der Waals surface area contributed by atoms with Gasteiger partial charge in [-0.3, -0.25) is 0 Å². The molecule has 1 rings (SSSR count). The molecule has 0 saturated carbocycles. The minimum Gasteiger partial charge on any atom is -0.410 e. The van der Waals surface area contributed by atoms with Crippen LogP contribution in [0.2, 0.25) is 0 Å². The smallest absolute Gasteiger partial charge is 0.410 e. The predicted octanol–water partition coefficient (Wildman–Crippen LogP) is 4.14. The van der Waals surface area contributed by atoms with Crippen molar-refractivity contribution in [3.63, 3.8) is 0 Å². The highest BCUT2D eigenvalue weighted by Crippen LogP contribution is 2.27. The van der Waals surface area contributed by atoms with Gasteiger partial charge in [-0.1, -0.05) is 45.2 Å². The summed E-state index contributed by atoms with van der Waals surface area (Å²) in [5.41, 5.74) is 1.07. The van der Waals surface area contributed by atoms with Gasteiger partial charge < -0.3 is 24.4 Å². The number of aryl methyl sites for hydroxylation is 1. The molecular weight excluding hydrogens is 329 g/mol. The van der Waals surface area contributed by atoms with Crippen LogP contribution in [0, 0.1) is 12.8 Å². The molecule has 0 fully saturated rings. The van der Waals surface area contributed by atoms with Gasteiger partial charge in [0.1, 0.15) is 5.75 Å². The minimum absolute atomic E-state index is 0.444. The zero-order chi connectivity index (χ0) is 18.4. The van der Waals surface area contributed by atoms with Gasteiger partial charge in [0.25, 0.3) is 0 Å². The molecule has 0 aromatic heterocycles. The number of ether oxygens (including phenoxy) is 1. The maximum Gasteiger partial charge on any atom is 0.412 e. The Morgan fingerprint density at radius 2 is 2.04 bits per heavy atom. The lowest BCUT2D eigenvalue weighted by Crippen LogP contribution is -2.21. The van der Waals surface area contributed by atoms with Crippen LogP contribution in [0.25, 0.3) is 0 Å². The molecule has 0 saturated heterocycles. The van der Waals surface area contributed by atoms with Crippen molar-refractivity contribution in [2.24, 2.45) is 5.92 Å². The van der Waals surface area contributed by atoms with E-state index in [1.165, 1.54) is 19.9 Å². The third-order valence-electron chi connectivity index (χ3n) is 3.37. The van der Waals surface area contributed by atoms with Gasteiger partial charge >= 0.3 is 14.7 Å². The van der Waals surface area contributed by atoms with Crippen molar-refractivity contribution in [2.45, 2.75) is 46.5 Å². The summed E-state index contributed by atoms with van der Waals surface area (Å²) in [6.45, 7) is 6.67. The van der Waals surface area contributed by atoms with E-state index in [1.807, 2.05) is 19.1 Å². The van der Waals surface area contributed by atoms with Crippen LogP contribution in [-0.2, 0) is 4.52 Å². The van der Waals surface area contributed by atoms with E-state index in [1.54, 1.807) is 12.1 Å². The molecule has 0 aliphatic heterocycles. The van der Waals surface area contributed by atoms with E-state index in [-0.39, 0.29) is 0 Å². The summed E-state index contributed by atoms with van der Waals surface area (Å²) in [4.78, 5) is 27.8. The number of carbonyl (C=O) groups is 1. The molecule has 1 unspecified atom stereocenters. The molecule has 3 N–H and O–H groups in total. The molecule has 0 spiro atoms. The first-order valence-electron chi connectivity index (χ1n) is 8.19. The molecule has 138 valence electrons. The summed E-state index contributed by atoms with van der Waals surface area (Å²) in [5.74, 6) is 1.04. The average Bonchev–Trinajstić information content (AvgIpc) is 2.55.